The minimum atomic E-state index is -1.41. The maximum Gasteiger partial charge on any atom is 0.344 e. The van der Waals surface area contributed by atoms with E-state index in [4.69, 9.17) is 4.74 Å². The van der Waals surface area contributed by atoms with Crippen LogP contribution in [0.1, 0.15) is 11.1 Å². The maximum absolute atomic E-state index is 12.1. The van der Waals surface area contributed by atoms with Crippen LogP contribution in [0.3, 0.4) is 0 Å². The number of esters is 1. The number of allylic oxidation sites excluding steroid dienone is 1. The number of ether oxygens (including phenoxy) is 1. The molecule has 1 heterocycles. The van der Waals surface area contributed by atoms with Gasteiger partial charge in [-0.3, -0.25) is 0 Å². The quantitative estimate of drug-likeness (QED) is 0.319. The standard InChI is InChI=1S/C18H12O8/c19-11-3-1-8(5-13(11)21)10-7-15(26-18(10)25)16(17(23)24)9-2-4-12(20)14(22)6-9/h1-7,19-22H,(H,23,24). The Morgan fingerprint density at radius 2 is 1.46 bits per heavy atom. The highest BCUT2D eigenvalue weighted by molar-refractivity contribution is 6.24. The molecule has 0 spiro atoms. The molecule has 0 aromatic heterocycles. The van der Waals surface area contributed by atoms with Crippen molar-refractivity contribution in [1.29, 1.82) is 0 Å². The fraction of sp³-hybridized carbons (Fsp3) is 0. The van der Waals surface area contributed by atoms with Gasteiger partial charge in [0.05, 0.1) is 5.57 Å². The van der Waals surface area contributed by atoms with Gasteiger partial charge in [-0.1, -0.05) is 12.1 Å². The minimum absolute atomic E-state index is 0.0154. The van der Waals surface area contributed by atoms with Crippen molar-refractivity contribution in [3.8, 4) is 23.0 Å². The molecule has 0 saturated heterocycles. The van der Waals surface area contributed by atoms with Crippen molar-refractivity contribution >= 4 is 23.1 Å². The van der Waals surface area contributed by atoms with E-state index in [1.807, 2.05) is 0 Å². The van der Waals surface area contributed by atoms with Crippen LogP contribution in [0.4, 0.5) is 0 Å². The summed E-state index contributed by atoms with van der Waals surface area (Å²) in [4.78, 5) is 23.7. The fourth-order valence-electron chi connectivity index (χ4n) is 2.44. The van der Waals surface area contributed by atoms with E-state index >= 15 is 0 Å². The lowest BCUT2D eigenvalue weighted by molar-refractivity contribution is -0.131. The van der Waals surface area contributed by atoms with Crippen molar-refractivity contribution in [2.24, 2.45) is 0 Å². The number of aromatic hydroxyl groups is 4. The number of carboxylic acid groups (broad SMARTS) is 1. The molecule has 8 nitrogen and oxygen atoms in total. The van der Waals surface area contributed by atoms with Gasteiger partial charge in [0, 0.05) is 0 Å². The van der Waals surface area contributed by atoms with Gasteiger partial charge in [0.2, 0.25) is 0 Å². The zero-order valence-electron chi connectivity index (χ0n) is 13.0. The van der Waals surface area contributed by atoms with Crippen molar-refractivity contribution < 1.29 is 39.9 Å². The average Bonchev–Trinajstić information content (AvgIpc) is 2.94. The van der Waals surface area contributed by atoms with Crippen LogP contribution in [-0.2, 0) is 14.3 Å². The molecule has 0 bridgehead atoms. The summed E-state index contributed by atoms with van der Waals surface area (Å²) < 4.78 is 5.03. The molecule has 0 radical (unpaired) electrons. The lowest BCUT2D eigenvalue weighted by Gasteiger charge is -2.07. The van der Waals surface area contributed by atoms with Crippen LogP contribution in [0.5, 0.6) is 23.0 Å². The monoisotopic (exact) mass is 356 g/mol. The maximum atomic E-state index is 12.1. The Hall–Kier alpha value is -3.94. The van der Waals surface area contributed by atoms with Gasteiger partial charge in [0.15, 0.2) is 23.0 Å². The SMILES string of the molecule is O=C(O)C(=C1C=C(c2ccc(O)c(O)c2)C(=O)O1)c1ccc(O)c(O)c1. The normalized spacial score (nSPS) is 15.4. The summed E-state index contributed by atoms with van der Waals surface area (Å²) in [5, 5.41) is 47.3. The molecule has 8 heteroatoms. The molecule has 0 saturated carbocycles. The van der Waals surface area contributed by atoms with E-state index in [0.717, 1.165) is 18.2 Å². The first-order valence-corrected chi connectivity index (χ1v) is 7.24. The first-order chi connectivity index (χ1) is 12.3. The number of phenolic OH excluding ortho intramolecular Hbond substituents is 4. The molecule has 132 valence electrons. The lowest BCUT2D eigenvalue weighted by Crippen LogP contribution is -2.05. The Morgan fingerprint density at radius 1 is 0.846 bits per heavy atom. The smallest absolute Gasteiger partial charge is 0.344 e. The number of aliphatic carboxylic acids is 1. The zero-order valence-corrected chi connectivity index (χ0v) is 13.0. The molecule has 1 aliphatic heterocycles. The Morgan fingerprint density at radius 3 is 2.04 bits per heavy atom. The van der Waals surface area contributed by atoms with Crippen molar-refractivity contribution in [2.45, 2.75) is 0 Å². The van der Waals surface area contributed by atoms with Gasteiger partial charge in [-0.05, 0) is 41.5 Å². The summed E-state index contributed by atoms with van der Waals surface area (Å²) in [6.45, 7) is 0. The van der Waals surface area contributed by atoms with Gasteiger partial charge in [0.25, 0.3) is 0 Å². The number of carboxylic acids is 1. The number of cyclic esters (lactones) is 1. The summed E-state index contributed by atoms with van der Waals surface area (Å²) in [5.41, 5.74) is -0.177. The number of hydrogen-bond donors (Lipinski definition) is 5. The van der Waals surface area contributed by atoms with Crippen LogP contribution >= 0.6 is 0 Å². The first-order valence-electron chi connectivity index (χ1n) is 7.24. The van der Waals surface area contributed by atoms with E-state index < -0.39 is 34.8 Å². The molecular weight excluding hydrogens is 344 g/mol. The number of carbonyl (C=O) groups excluding carboxylic acids is 1. The van der Waals surface area contributed by atoms with Gasteiger partial charge in [-0.2, -0.15) is 0 Å². The zero-order chi connectivity index (χ0) is 19.0. The van der Waals surface area contributed by atoms with Crippen LogP contribution in [0.25, 0.3) is 11.1 Å². The number of hydrogen-bond acceptors (Lipinski definition) is 7. The summed E-state index contributed by atoms with van der Waals surface area (Å²) in [5.74, 6) is -4.30. The largest absolute Gasteiger partial charge is 0.504 e. The second-order valence-electron chi connectivity index (χ2n) is 5.40. The van der Waals surface area contributed by atoms with Crippen LogP contribution < -0.4 is 0 Å². The van der Waals surface area contributed by atoms with E-state index in [-0.39, 0.29) is 28.2 Å². The third kappa shape index (κ3) is 2.91. The van der Waals surface area contributed by atoms with E-state index in [2.05, 4.69) is 0 Å². The van der Waals surface area contributed by atoms with E-state index in [0.29, 0.717) is 0 Å². The minimum Gasteiger partial charge on any atom is -0.504 e. The number of phenols is 4. The molecule has 5 N–H and O–H groups in total. The molecule has 0 atom stereocenters. The molecular formula is C18H12O8. The second kappa shape index (κ2) is 6.17. The van der Waals surface area contributed by atoms with Crippen molar-refractivity contribution in [1.82, 2.24) is 0 Å². The van der Waals surface area contributed by atoms with Crippen LogP contribution in [0.2, 0.25) is 0 Å². The van der Waals surface area contributed by atoms with Crippen LogP contribution in [0.15, 0.2) is 48.2 Å². The topological polar surface area (TPSA) is 145 Å². The summed E-state index contributed by atoms with van der Waals surface area (Å²) >= 11 is 0. The average molecular weight is 356 g/mol. The van der Waals surface area contributed by atoms with E-state index in [9.17, 15) is 35.1 Å². The summed E-state index contributed by atoms with van der Waals surface area (Å²) in [6.07, 6.45) is 1.18. The van der Waals surface area contributed by atoms with Gasteiger partial charge in [0.1, 0.15) is 11.3 Å². The van der Waals surface area contributed by atoms with Crippen molar-refractivity contribution in [3.05, 3.63) is 59.4 Å². The lowest BCUT2D eigenvalue weighted by atomic mass is 10.0. The third-order valence-electron chi connectivity index (χ3n) is 3.71. The van der Waals surface area contributed by atoms with Gasteiger partial charge in [-0.15, -0.1) is 0 Å². The molecule has 2 aromatic rings. The molecule has 2 aromatic carbocycles. The first kappa shape index (κ1) is 16.9. The predicted molar refractivity (Wildman–Crippen MR) is 88.2 cm³/mol. The van der Waals surface area contributed by atoms with Crippen molar-refractivity contribution in [2.75, 3.05) is 0 Å². The van der Waals surface area contributed by atoms with Gasteiger partial charge in [-0.25, -0.2) is 9.59 Å². The van der Waals surface area contributed by atoms with Crippen LogP contribution in [0, 0.1) is 0 Å². The molecule has 3 rings (SSSR count). The molecule has 0 fully saturated rings. The van der Waals surface area contributed by atoms with Crippen molar-refractivity contribution in [3.63, 3.8) is 0 Å². The van der Waals surface area contributed by atoms with E-state index in [1.165, 1.54) is 24.3 Å². The number of rotatable bonds is 3. The molecule has 26 heavy (non-hydrogen) atoms. The fourth-order valence-corrected chi connectivity index (χ4v) is 2.44. The highest BCUT2D eigenvalue weighted by Crippen LogP contribution is 2.36. The predicted octanol–water partition coefficient (Wildman–Crippen LogP) is 1.95. The Balaban J connectivity index is 2.14. The third-order valence-corrected chi connectivity index (χ3v) is 3.71. The number of benzene rings is 2. The van der Waals surface area contributed by atoms with Gasteiger partial charge < -0.3 is 30.3 Å². The van der Waals surface area contributed by atoms with E-state index in [1.54, 1.807) is 0 Å². The molecule has 1 aliphatic rings. The Bertz CT molecular complexity index is 1000. The highest BCUT2D eigenvalue weighted by atomic mass is 16.5. The number of carbonyl (C=O) groups is 2. The molecule has 0 amide bonds. The summed E-state index contributed by atoms with van der Waals surface area (Å²) in [6, 6.07) is 7.05. The Labute approximate surface area is 146 Å². The highest BCUT2D eigenvalue weighted by Gasteiger charge is 2.29. The Kier molecular flexibility index (Phi) is 4.01. The molecule has 0 aliphatic carbocycles. The van der Waals surface area contributed by atoms with Crippen LogP contribution in [-0.4, -0.2) is 37.5 Å². The molecule has 0 unspecified atom stereocenters. The van der Waals surface area contributed by atoms with Gasteiger partial charge >= 0.3 is 11.9 Å². The summed E-state index contributed by atoms with van der Waals surface area (Å²) in [7, 11) is 0. The second-order valence-corrected chi connectivity index (χ2v) is 5.40.